The Labute approximate surface area is 161 Å². The summed E-state index contributed by atoms with van der Waals surface area (Å²) in [6.07, 6.45) is 3.30. The van der Waals surface area contributed by atoms with Crippen molar-refractivity contribution in [2.45, 2.75) is 13.8 Å². The number of halogens is 1. The first kappa shape index (κ1) is 17.8. The van der Waals surface area contributed by atoms with Crippen molar-refractivity contribution in [3.8, 4) is 22.5 Å². The van der Waals surface area contributed by atoms with Gasteiger partial charge in [-0.15, -0.1) is 0 Å². The van der Waals surface area contributed by atoms with E-state index in [1.165, 1.54) is 12.1 Å². The average molecular weight is 375 g/mol. The summed E-state index contributed by atoms with van der Waals surface area (Å²) in [4.78, 5) is 20.9. The maximum Gasteiger partial charge on any atom is 0.228 e. The van der Waals surface area contributed by atoms with E-state index in [1.54, 1.807) is 41.2 Å². The van der Waals surface area contributed by atoms with Gasteiger partial charge >= 0.3 is 0 Å². The van der Waals surface area contributed by atoms with Gasteiger partial charge < -0.3 is 5.32 Å². The van der Waals surface area contributed by atoms with Crippen LogP contribution in [-0.4, -0.2) is 25.5 Å². The van der Waals surface area contributed by atoms with E-state index < -0.39 is 0 Å². The number of carbonyl (C=O) groups is 1. The lowest BCUT2D eigenvalue weighted by Gasteiger charge is -2.09. The van der Waals surface area contributed by atoms with Crippen LogP contribution < -0.4 is 5.32 Å². The fraction of sp³-hybridized carbons (Fsp3) is 0.143. The van der Waals surface area contributed by atoms with Crippen LogP contribution in [0.25, 0.3) is 28.2 Å². The van der Waals surface area contributed by atoms with Gasteiger partial charge in [0.1, 0.15) is 17.3 Å². The summed E-state index contributed by atoms with van der Waals surface area (Å²) in [5.74, 6) is -0.126. The molecule has 0 aliphatic rings. The summed E-state index contributed by atoms with van der Waals surface area (Å²) >= 11 is 0. The Hall–Kier alpha value is -3.61. The van der Waals surface area contributed by atoms with Crippen LogP contribution >= 0.6 is 0 Å². The number of nitrogens with zero attached hydrogens (tertiary/aromatic N) is 4. The smallest absolute Gasteiger partial charge is 0.228 e. The van der Waals surface area contributed by atoms with E-state index in [0.717, 1.165) is 16.8 Å². The van der Waals surface area contributed by atoms with E-state index in [-0.39, 0.29) is 17.6 Å². The van der Waals surface area contributed by atoms with Crippen LogP contribution in [0.15, 0.2) is 60.9 Å². The van der Waals surface area contributed by atoms with Crippen molar-refractivity contribution in [1.29, 1.82) is 0 Å². The van der Waals surface area contributed by atoms with Crippen molar-refractivity contribution in [3.63, 3.8) is 0 Å². The first-order chi connectivity index (χ1) is 13.5. The van der Waals surface area contributed by atoms with Gasteiger partial charge in [0.2, 0.25) is 5.91 Å². The van der Waals surface area contributed by atoms with E-state index in [1.807, 2.05) is 26.0 Å². The lowest BCUT2D eigenvalue weighted by atomic mass is 10.1. The zero-order valence-corrected chi connectivity index (χ0v) is 15.4. The second-order valence-electron chi connectivity index (χ2n) is 6.68. The van der Waals surface area contributed by atoms with Crippen LogP contribution in [0.2, 0.25) is 0 Å². The van der Waals surface area contributed by atoms with Crippen molar-refractivity contribution < 1.29 is 9.18 Å². The zero-order chi connectivity index (χ0) is 19.7. The highest BCUT2D eigenvalue weighted by Crippen LogP contribution is 2.33. The molecule has 6 nitrogen and oxygen atoms in total. The molecule has 0 fully saturated rings. The summed E-state index contributed by atoms with van der Waals surface area (Å²) in [6.45, 7) is 3.64. The predicted molar refractivity (Wildman–Crippen MR) is 105 cm³/mol. The maximum absolute atomic E-state index is 13.4. The second kappa shape index (κ2) is 7.19. The highest BCUT2D eigenvalue weighted by Gasteiger charge is 2.18. The molecule has 3 heterocycles. The number of rotatable bonds is 4. The number of benzene rings is 1. The lowest BCUT2D eigenvalue weighted by molar-refractivity contribution is -0.118. The molecule has 0 bridgehead atoms. The third-order valence-electron chi connectivity index (χ3n) is 4.32. The molecule has 0 aliphatic carbocycles. The summed E-state index contributed by atoms with van der Waals surface area (Å²) in [7, 11) is 0. The fourth-order valence-electron chi connectivity index (χ4n) is 2.87. The maximum atomic E-state index is 13.4. The Morgan fingerprint density at radius 2 is 1.86 bits per heavy atom. The minimum absolute atomic E-state index is 0.111. The Morgan fingerprint density at radius 1 is 1.07 bits per heavy atom. The first-order valence-corrected chi connectivity index (χ1v) is 8.90. The molecule has 28 heavy (non-hydrogen) atoms. The number of fused-ring (bicyclic) bond motifs is 1. The SMILES string of the molecule is CC(C)C(=O)Nc1cc(-c2c(-c3ccc(F)cc3)nc3cccnn23)ccn1. The molecular weight excluding hydrogens is 357 g/mol. The third kappa shape index (κ3) is 3.34. The molecular formula is C21H18FN5O. The summed E-state index contributed by atoms with van der Waals surface area (Å²) in [5.41, 5.74) is 3.64. The Balaban J connectivity index is 1.87. The Bertz CT molecular complexity index is 1150. The molecule has 3 aromatic heterocycles. The van der Waals surface area contributed by atoms with Gasteiger partial charge in [-0.2, -0.15) is 5.10 Å². The Kier molecular flexibility index (Phi) is 4.57. The minimum Gasteiger partial charge on any atom is -0.310 e. The van der Waals surface area contributed by atoms with Crippen LogP contribution in [0.4, 0.5) is 10.2 Å². The van der Waals surface area contributed by atoms with Gasteiger partial charge in [0, 0.05) is 29.4 Å². The third-order valence-corrected chi connectivity index (χ3v) is 4.32. The monoisotopic (exact) mass is 375 g/mol. The van der Waals surface area contributed by atoms with Gasteiger partial charge in [0.05, 0.1) is 5.69 Å². The number of amides is 1. The number of pyridine rings is 1. The van der Waals surface area contributed by atoms with E-state index in [0.29, 0.717) is 17.2 Å². The molecule has 1 N–H and O–H groups in total. The van der Waals surface area contributed by atoms with E-state index in [9.17, 15) is 9.18 Å². The van der Waals surface area contributed by atoms with Crippen molar-refractivity contribution in [1.82, 2.24) is 19.6 Å². The van der Waals surface area contributed by atoms with Gasteiger partial charge in [0.15, 0.2) is 5.65 Å². The van der Waals surface area contributed by atoms with Gasteiger partial charge in [-0.05, 0) is 48.5 Å². The Morgan fingerprint density at radius 3 is 2.61 bits per heavy atom. The summed E-state index contributed by atoms with van der Waals surface area (Å²) < 4.78 is 15.1. The first-order valence-electron chi connectivity index (χ1n) is 8.90. The summed E-state index contributed by atoms with van der Waals surface area (Å²) in [5, 5.41) is 7.22. The normalized spacial score (nSPS) is 11.1. The number of nitrogens with one attached hydrogen (secondary N) is 1. The molecule has 0 radical (unpaired) electrons. The number of aromatic nitrogens is 4. The molecule has 1 amide bonds. The van der Waals surface area contributed by atoms with Gasteiger partial charge in [-0.3, -0.25) is 4.79 Å². The van der Waals surface area contributed by atoms with Crippen LogP contribution in [-0.2, 0) is 4.79 Å². The number of imidazole rings is 1. The second-order valence-corrected chi connectivity index (χ2v) is 6.68. The van der Waals surface area contributed by atoms with Crippen molar-refractivity contribution in [2.24, 2.45) is 5.92 Å². The minimum atomic E-state index is -0.310. The molecule has 0 spiro atoms. The molecule has 0 saturated carbocycles. The number of carbonyl (C=O) groups excluding carboxylic acids is 1. The largest absolute Gasteiger partial charge is 0.310 e. The van der Waals surface area contributed by atoms with E-state index in [4.69, 9.17) is 0 Å². The van der Waals surface area contributed by atoms with Gasteiger partial charge in [-0.1, -0.05) is 13.8 Å². The molecule has 1 aromatic carbocycles. The molecule has 4 aromatic rings. The predicted octanol–water partition coefficient (Wildman–Crippen LogP) is 4.19. The molecule has 4 rings (SSSR count). The van der Waals surface area contributed by atoms with Crippen molar-refractivity contribution in [2.75, 3.05) is 5.32 Å². The fourth-order valence-corrected chi connectivity index (χ4v) is 2.87. The van der Waals surface area contributed by atoms with Gasteiger partial charge in [-0.25, -0.2) is 18.9 Å². The standard InChI is InChI=1S/C21H18FN5O/c1-13(2)21(28)25-17-12-15(9-11-23-17)20-19(14-5-7-16(22)8-6-14)26-18-4-3-10-24-27(18)20/h3-13H,1-2H3,(H,23,25,28). The quantitative estimate of drug-likeness (QED) is 0.580. The van der Waals surface area contributed by atoms with Gasteiger partial charge in [0.25, 0.3) is 0 Å². The van der Waals surface area contributed by atoms with Crippen molar-refractivity contribution >= 4 is 17.4 Å². The average Bonchev–Trinajstić information content (AvgIpc) is 3.08. The highest BCUT2D eigenvalue weighted by atomic mass is 19.1. The van der Waals surface area contributed by atoms with Crippen LogP contribution in [0, 0.1) is 11.7 Å². The summed E-state index contributed by atoms with van der Waals surface area (Å²) in [6, 6.07) is 13.4. The van der Waals surface area contributed by atoms with Crippen LogP contribution in [0.3, 0.4) is 0 Å². The van der Waals surface area contributed by atoms with E-state index >= 15 is 0 Å². The molecule has 0 atom stereocenters. The number of hydrogen-bond acceptors (Lipinski definition) is 4. The highest BCUT2D eigenvalue weighted by molar-refractivity contribution is 5.92. The van der Waals surface area contributed by atoms with Crippen LogP contribution in [0.5, 0.6) is 0 Å². The van der Waals surface area contributed by atoms with E-state index in [2.05, 4.69) is 20.4 Å². The van der Waals surface area contributed by atoms with Crippen LogP contribution in [0.1, 0.15) is 13.8 Å². The number of hydrogen-bond donors (Lipinski definition) is 1. The lowest BCUT2D eigenvalue weighted by Crippen LogP contribution is -2.18. The van der Waals surface area contributed by atoms with Crippen molar-refractivity contribution in [3.05, 3.63) is 66.7 Å². The molecule has 140 valence electrons. The zero-order valence-electron chi connectivity index (χ0n) is 15.4. The topological polar surface area (TPSA) is 72.2 Å². The molecule has 0 aliphatic heterocycles. The number of anilines is 1. The molecule has 0 saturated heterocycles. The molecule has 7 heteroatoms. The molecule has 0 unspecified atom stereocenters.